The van der Waals surface area contributed by atoms with Crippen molar-refractivity contribution in [2.45, 2.75) is 12.3 Å². The normalized spacial score (nSPS) is 16.1. The minimum atomic E-state index is -4.57. The molecular weight excluding hydrogens is 481 g/mol. The van der Waals surface area contributed by atoms with Crippen molar-refractivity contribution in [2.75, 3.05) is 51.6 Å². The Bertz CT molecular complexity index is 1280. The van der Waals surface area contributed by atoms with Gasteiger partial charge in [-0.3, -0.25) is 9.69 Å². The number of pyridine rings is 1. The van der Waals surface area contributed by atoms with Gasteiger partial charge in [-0.25, -0.2) is 4.79 Å². The van der Waals surface area contributed by atoms with E-state index in [9.17, 15) is 22.8 Å². The number of hydrogen-bond acceptors (Lipinski definition) is 6. The van der Waals surface area contributed by atoms with E-state index in [1.165, 1.54) is 35.2 Å². The number of anilines is 1. The van der Waals surface area contributed by atoms with Gasteiger partial charge in [0.05, 0.1) is 45.1 Å². The number of nitrogens with one attached hydrogen (secondary N) is 1. The van der Waals surface area contributed by atoms with Crippen LogP contribution in [-0.4, -0.2) is 63.9 Å². The fourth-order valence-electron chi connectivity index (χ4n) is 3.92. The molecule has 3 aromatic rings. The molecule has 2 aromatic carbocycles. The molecule has 1 saturated heterocycles. The van der Waals surface area contributed by atoms with Crippen molar-refractivity contribution in [1.29, 1.82) is 0 Å². The highest BCUT2D eigenvalue weighted by Gasteiger charge is 2.34. The van der Waals surface area contributed by atoms with Crippen LogP contribution in [0.4, 0.5) is 23.7 Å². The minimum Gasteiger partial charge on any atom is -0.441 e. The lowest BCUT2D eigenvalue weighted by molar-refractivity contribution is -0.137. The second kappa shape index (κ2) is 11.1. The van der Waals surface area contributed by atoms with Crippen LogP contribution in [0.3, 0.4) is 0 Å². The van der Waals surface area contributed by atoms with Gasteiger partial charge in [-0.15, -0.1) is 0 Å². The van der Waals surface area contributed by atoms with E-state index < -0.39 is 29.5 Å². The Labute approximate surface area is 204 Å². The summed E-state index contributed by atoms with van der Waals surface area (Å²) < 4.78 is 61.4. The summed E-state index contributed by atoms with van der Waals surface area (Å²) in [6.45, 7) is 2.09. The number of methoxy groups -OCH3 is 1. The van der Waals surface area contributed by atoms with E-state index in [1.54, 1.807) is 19.2 Å². The third-order valence-electron chi connectivity index (χ3n) is 5.65. The maximum absolute atomic E-state index is 13.4. The number of H-pyrrole nitrogens is 1. The standard InChI is InChI=1S/C25H25F3N2O6/c1-33-8-9-34-10-11-35-15-18-14-30(24(32)36-18)17-7-6-16-12-22(29-23(31)20(16)13-17)19-4-2-3-5-21(19)25(26,27)28/h2-7,12-13,18H,8-11,14-15H2,1H3,(H,29,31)/t18-/m1/s1. The summed E-state index contributed by atoms with van der Waals surface area (Å²) >= 11 is 0. The van der Waals surface area contributed by atoms with Gasteiger partial charge < -0.3 is 23.9 Å². The first-order valence-electron chi connectivity index (χ1n) is 11.2. The van der Waals surface area contributed by atoms with Crippen molar-refractivity contribution in [1.82, 2.24) is 4.98 Å². The van der Waals surface area contributed by atoms with E-state index in [4.69, 9.17) is 18.9 Å². The van der Waals surface area contributed by atoms with Crippen molar-refractivity contribution in [3.8, 4) is 11.3 Å². The number of amides is 1. The van der Waals surface area contributed by atoms with Crippen molar-refractivity contribution in [2.24, 2.45) is 0 Å². The number of rotatable bonds is 10. The second-order valence-electron chi connectivity index (χ2n) is 8.12. The van der Waals surface area contributed by atoms with E-state index in [0.717, 1.165) is 6.07 Å². The zero-order valence-corrected chi connectivity index (χ0v) is 19.5. The molecule has 0 spiro atoms. The SMILES string of the molecule is COCCOCCOC[C@H]1CN(c2ccc3cc(-c4ccccc4C(F)(F)F)[nH]c(=O)c3c2)C(=O)O1. The third kappa shape index (κ3) is 5.86. The lowest BCUT2D eigenvalue weighted by atomic mass is 10.0. The van der Waals surface area contributed by atoms with Crippen molar-refractivity contribution in [3.63, 3.8) is 0 Å². The van der Waals surface area contributed by atoms with Crippen LogP contribution < -0.4 is 10.5 Å². The Morgan fingerprint density at radius 1 is 1.03 bits per heavy atom. The van der Waals surface area contributed by atoms with Crippen molar-refractivity contribution >= 4 is 22.6 Å². The molecule has 0 unspecified atom stereocenters. The number of aromatic amines is 1. The summed E-state index contributed by atoms with van der Waals surface area (Å²) in [5, 5.41) is 0.678. The van der Waals surface area contributed by atoms with E-state index in [1.807, 2.05) is 0 Å². The van der Waals surface area contributed by atoms with Gasteiger partial charge in [0.2, 0.25) is 0 Å². The molecule has 1 amide bonds. The fourth-order valence-corrected chi connectivity index (χ4v) is 3.92. The number of carbonyl (C=O) groups is 1. The summed E-state index contributed by atoms with van der Waals surface area (Å²) in [5.74, 6) is 0. The Morgan fingerprint density at radius 2 is 1.78 bits per heavy atom. The summed E-state index contributed by atoms with van der Waals surface area (Å²) in [7, 11) is 1.58. The Morgan fingerprint density at radius 3 is 2.56 bits per heavy atom. The quantitative estimate of drug-likeness (QED) is 0.414. The summed E-state index contributed by atoms with van der Waals surface area (Å²) in [6.07, 6.45) is -5.64. The molecule has 4 rings (SSSR count). The average Bonchev–Trinajstić information content (AvgIpc) is 3.23. The molecule has 2 heterocycles. The lowest BCUT2D eigenvalue weighted by Gasteiger charge is -2.15. The van der Waals surface area contributed by atoms with Gasteiger partial charge in [0.1, 0.15) is 6.10 Å². The van der Waals surface area contributed by atoms with E-state index in [-0.39, 0.29) is 29.8 Å². The molecule has 1 N–H and O–H groups in total. The number of cyclic esters (lactones) is 1. The van der Waals surface area contributed by atoms with Crippen LogP contribution in [0, 0.1) is 0 Å². The van der Waals surface area contributed by atoms with Gasteiger partial charge in [-0.2, -0.15) is 13.2 Å². The van der Waals surface area contributed by atoms with E-state index in [0.29, 0.717) is 37.5 Å². The number of aromatic nitrogens is 1. The highest BCUT2D eigenvalue weighted by Crippen LogP contribution is 2.36. The number of hydrogen-bond donors (Lipinski definition) is 1. The van der Waals surface area contributed by atoms with Gasteiger partial charge in [0, 0.05) is 29.4 Å². The summed E-state index contributed by atoms with van der Waals surface area (Å²) in [6, 6.07) is 11.3. The predicted octanol–water partition coefficient (Wildman–Crippen LogP) is 4.22. The fraction of sp³-hybridized carbons (Fsp3) is 0.360. The van der Waals surface area contributed by atoms with E-state index >= 15 is 0 Å². The van der Waals surface area contributed by atoms with Crippen LogP contribution in [0.15, 0.2) is 53.3 Å². The largest absolute Gasteiger partial charge is 0.441 e. The molecule has 0 radical (unpaired) electrons. The molecule has 8 nitrogen and oxygen atoms in total. The number of halogens is 3. The maximum atomic E-state index is 13.4. The topological polar surface area (TPSA) is 90.1 Å². The number of ether oxygens (including phenoxy) is 4. The van der Waals surface area contributed by atoms with Gasteiger partial charge >= 0.3 is 12.3 Å². The monoisotopic (exact) mass is 506 g/mol. The van der Waals surface area contributed by atoms with Gasteiger partial charge in [0.15, 0.2) is 0 Å². The molecule has 1 fully saturated rings. The minimum absolute atomic E-state index is 0.0529. The zero-order valence-electron chi connectivity index (χ0n) is 19.5. The summed E-state index contributed by atoms with van der Waals surface area (Å²) in [4.78, 5) is 29.1. The van der Waals surface area contributed by atoms with Gasteiger partial charge in [-0.1, -0.05) is 24.3 Å². The van der Waals surface area contributed by atoms with Crippen molar-refractivity contribution in [3.05, 3.63) is 64.4 Å². The molecule has 192 valence electrons. The molecule has 0 aliphatic carbocycles. The number of alkyl halides is 3. The molecule has 0 saturated carbocycles. The Hall–Kier alpha value is -3.41. The maximum Gasteiger partial charge on any atom is 0.417 e. The van der Waals surface area contributed by atoms with Gasteiger partial charge in [-0.05, 0) is 29.7 Å². The number of nitrogens with zero attached hydrogens (tertiary/aromatic N) is 1. The van der Waals surface area contributed by atoms with E-state index in [2.05, 4.69) is 4.98 Å². The summed E-state index contributed by atoms with van der Waals surface area (Å²) in [5.41, 5.74) is -1.04. The Kier molecular flexibility index (Phi) is 7.92. The first-order chi connectivity index (χ1) is 17.3. The van der Waals surface area contributed by atoms with Gasteiger partial charge in [0.25, 0.3) is 5.56 Å². The van der Waals surface area contributed by atoms with Crippen LogP contribution in [0.1, 0.15) is 5.56 Å². The number of benzene rings is 2. The smallest absolute Gasteiger partial charge is 0.417 e. The first-order valence-corrected chi connectivity index (χ1v) is 11.2. The highest BCUT2D eigenvalue weighted by atomic mass is 19.4. The molecule has 0 bridgehead atoms. The third-order valence-corrected chi connectivity index (χ3v) is 5.65. The molecule has 1 aromatic heterocycles. The van der Waals surface area contributed by atoms with Crippen molar-refractivity contribution < 1.29 is 36.9 Å². The van der Waals surface area contributed by atoms with Crippen LogP contribution >= 0.6 is 0 Å². The molecule has 1 aliphatic heterocycles. The molecular formula is C25H25F3N2O6. The highest BCUT2D eigenvalue weighted by molar-refractivity contribution is 5.94. The van der Waals surface area contributed by atoms with Crippen LogP contribution in [0.5, 0.6) is 0 Å². The lowest BCUT2D eigenvalue weighted by Crippen LogP contribution is -2.26. The van der Waals surface area contributed by atoms with Crippen LogP contribution in [-0.2, 0) is 25.1 Å². The van der Waals surface area contributed by atoms with Crippen LogP contribution in [0.2, 0.25) is 0 Å². The van der Waals surface area contributed by atoms with Crippen LogP contribution in [0.25, 0.3) is 22.0 Å². The molecule has 11 heteroatoms. The second-order valence-corrected chi connectivity index (χ2v) is 8.12. The predicted molar refractivity (Wildman–Crippen MR) is 126 cm³/mol. The zero-order chi connectivity index (χ0) is 25.7. The number of fused-ring (bicyclic) bond motifs is 1. The Balaban J connectivity index is 1.47. The molecule has 1 atom stereocenters. The first kappa shape index (κ1) is 25.7. The number of carbonyl (C=O) groups excluding carboxylic acids is 1. The molecule has 36 heavy (non-hydrogen) atoms. The average molecular weight is 506 g/mol. The molecule has 1 aliphatic rings.